The van der Waals surface area contributed by atoms with Crippen LogP contribution in [0.15, 0.2) is 0 Å². The number of nitrogens with zero attached hydrogens (tertiary/aromatic N) is 1. The number of piperidine rings is 1. The van der Waals surface area contributed by atoms with Crippen LogP contribution in [0.5, 0.6) is 0 Å². The highest BCUT2D eigenvalue weighted by Gasteiger charge is 2.37. The van der Waals surface area contributed by atoms with Gasteiger partial charge >= 0.3 is 6.09 Å². The molecule has 110 valence electrons. The van der Waals surface area contributed by atoms with Crippen molar-refractivity contribution < 1.29 is 14.3 Å². The number of carbonyl (C=O) groups excluding carboxylic acids is 2. The minimum Gasteiger partial charge on any atom is -0.444 e. The zero-order chi connectivity index (χ0) is 14.6. The summed E-state index contributed by atoms with van der Waals surface area (Å²) in [6.45, 7) is 10.5. The van der Waals surface area contributed by atoms with Gasteiger partial charge in [-0.15, -0.1) is 0 Å². The predicted octanol–water partition coefficient (Wildman–Crippen LogP) is 3.25. The molecule has 1 aliphatic heterocycles. The van der Waals surface area contributed by atoms with Gasteiger partial charge in [0, 0.05) is 19.0 Å². The zero-order valence-electron chi connectivity index (χ0n) is 12.8. The average molecular weight is 269 g/mol. The van der Waals surface area contributed by atoms with Crippen LogP contribution in [-0.2, 0) is 9.53 Å². The summed E-state index contributed by atoms with van der Waals surface area (Å²) >= 11 is 0. The molecule has 19 heavy (non-hydrogen) atoms. The van der Waals surface area contributed by atoms with Gasteiger partial charge in [-0.2, -0.15) is 0 Å². The summed E-state index contributed by atoms with van der Waals surface area (Å²) in [5, 5.41) is 0. The first-order valence-electron chi connectivity index (χ1n) is 7.21. The van der Waals surface area contributed by atoms with E-state index in [1.54, 1.807) is 4.90 Å². The lowest BCUT2D eigenvalue weighted by atomic mass is 9.81. The Labute approximate surface area is 116 Å². The number of amides is 1. The molecule has 1 fully saturated rings. The molecule has 0 N–H and O–H groups in total. The maximum Gasteiger partial charge on any atom is 0.410 e. The summed E-state index contributed by atoms with van der Waals surface area (Å²) in [5.74, 6) is 0.849. The van der Waals surface area contributed by atoms with E-state index in [0.29, 0.717) is 24.8 Å². The predicted molar refractivity (Wildman–Crippen MR) is 75.0 cm³/mol. The minimum atomic E-state index is -0.495. The van der Waals surface area contributed by atoms with Crippen molar-refractivity contribution in [1.29, 1.82) is 0 Å². The van der Waals surface area contributed by atoms with E-state index in [1.165, 1.54) is 0 Å². The number of rotatable bonds is 3. The van der Waals surface area contributed by atoms with Gasteiger partial charge in [-0.05, 0) is 39.0 Å². The molecule has 1 amide bonds. The first-order valence-corrected chi connectivity index (χ1v) is 7.21. The topological polar surface area (TPSA) is 46.6 Å². The highest BCUT2D eigenvalue weighted by Crippen LogP contribution is 2.32. The van der Waals surface area contributed by atoms with E-state index < -0.39 is 5.60 Å². The van der Waals surface area contributed by atoms with Crippen molar-refractivity contribution in [3.63, 3.8) is 0 Å². The van der Waals surface area contributed by atoms with Crippen LogP contribution in [0.4, 0.5) is 4.79 Å². The monoisotopic (exact) mass is 269 g/mol. The van der Waals surface area contributed by atoms with E-state index in [9.17, 15) is 9.59 Å². The second kappa shape index (κ2) is 6.40. The van der Waals surface area contributed by atoms with E-state index in [2.05, 4.69) is 13.8 Å². The lowest BCUT2D eigenvalue weighted by Gasteiger charge is -2.43. The molecule has 0 saturated carbocycles. The molecule has 0 aromatic carbocycles. The highest BCUT2D eigenvalue weighted by molar-refractivity contribution is 5.69. The van der Waals surface area contributed by atoms with Crippen molar-refractivity contribution in [2.45, 2.75) is 65.5 Å². The molecule has 0 aromatic heterocycles. The molecule has 3 atom stereocenters. The van der Waals surface area contributed by atoms with Gasteiger partial charge in [-0.25, -0.2) is 4.79 Å². The van der Waals surface area contributed by atoms with Gasteiger partial charge in [0.05, 0.1) is 0 Å². The fourth-order valence-electron chi connectivity index (χ4n) is 2.86. The SMILES string of the molecule is CCC1CC(C)CN(C(=O)OC(C)(C)C)C1CC=O. The smallest absolute Gasteiger partial charge is 0.410 e. The number of hydrogen-bond donors (Lipinski definition) is 0. The quantitative estimate of drug-likeness (QED) is 0.739. The van der Waals surface area contributed by atoms with Crippen LogP contribution in [0, 0.1) is 11.8 Å². The Kier molecular flexibility index (Phi) is 5.39. The zero-order valence-corrected chi connectivity index (χ0v) is 12.8. The van der Waals surface area contributed by atoms with Crippen LogP contribution in [0.25, 0.3) is 0 Å². The Hall–Kier alpha value is -1.06. The maximum absolute atomic E-state index is 12.3. The van der Waals surface area contributed by atoms with Gasteiger partial charge in [-0.3, -0.25) is 0 Å². The van der Waals surface area contributed by atoms with E-state index in [4.69, 9.17) is 4.74 Å². The first-order chi connectivity index (χ1) is 8.78. The standard InChI is InChI=1S/C15H27NO3/c1-6-12-9-11(2)10-16(13(12)7-8-17)14(18)19-15(3,4)5/h8,11-13H,6-7,9-10H2,1-5H3. The Morgan fingerprint density at radius 3 is 2.53 bits per heavy atom. The number of carbonyl (C=O) groups is 2. The van der Waals surface area contributed by atoms with Gasteiger partial charge in [0.15, 0.2) is 0 Å². The fourth-order valence-corrected chi connectivity index (χ4v) is 2.86. The molecule has 0 spiro atoms. The molecule has 4 nitrogen and oxygen atoms in total. The normalized spacial score (nSPS) is 28.1. The Balaban J connectivity index is 2.85. The summed E-state index contributed by atoms with van der Waals surface area (Å²) < 4.78 is 5.47. The van der Waals surface area contributed by atoms with Crippen molar-refractivity contribution >= 4 is 12.4 Å². The van der Waals surface area contributed by atoms with E-state index in [1.807, 2.05) is 20.8 Å². The lowest BCUT2D eigenvalue weighted by Crippen LogP contribution is -2.52. The van der Waals surface area contributed by atoms with Crippen molar-refractivity contribution in [3.8, 4) is 0 Å². The third-order valence-corrected chi connectivity index (χ3v) is 3.65. The van der Waals surface area contributed by atoms with Crippen LogP contribution in [0.1, 0.15) is 53.9 Å². The minimum absolute atomic E-state index is 0.00597. The van der Waals surface area contributed by atoms with Gasteiger partial charge in [0.2, 0.25) is 0 Å². The summed E-state index contributed by atoms with van der Waals surface area (Å²) in [5.41, 5.74) is -0.495. The molecular weight excluding hydrogens is 242 g/mol. The van der Waals surface area contributed by atoms with Crippen LogP contribution >= 0.6 is 0 Å². The number of likely N-dealkylation sites (tertiary alicyclic amines) is 1. The van der Waals surface area contributed by atoms with Crippen molar-refractivity contribution in [1.82, 2.24) is 4.90 Å². The van der Waals surface area contributed by atoms with Gasteiger partial charge in [0.1, 0.15) is 11.9 Å². The second-order valence-electron chi connectivity index (χ2n) is 6.61. The third kappa shape index (κ3) is 4.51. The third-order valence-electron chi connectivity index (χ3n) is 3.65. The van der Waals surface area contributed by atoms with Crippen molar-refractivity contribution in [3.05, 3.63) is 0 Å². The molecule has 1 heterocycles. The molecule has 0 aromatic rings. The lowest BCUT2D eigenvalue weighted by molar-refractivity contribution is -0.109. The van der Waals surface area contributed by atoms with Gasteiger partial charge < -0.3 is 14.4 Å². The molecule has 4 heteroatoms. The van der Waals surface area contributed by atoms with Crippen LogP contribution in [0.3, 0.4) is 0 Å². The summed E-state index contributed by atoms with van der Waals surface area (Å²) in [4.78, 5) is 25.0. The Morgan fingerprint density at radius 1 is 1.42 bits per heavy atom. The van der Waals surface area contributed by atoms with Crippen LogP contribution < -0.4 is 0 Å². The van der Waals surface area contributed by atoms with E-state index in [-0.39, 0.29) is 12.1 Å². The van der Waals surface area contributed by atoms with Gasteiger partial charge in [-0.1, -0.05) is 20.3 Å². The molecule has 0 aliphatic carbocycles. The summed E-state index contributed by atoms with van der Waals surface area (Å²) in [6, 6.07) is -0.00597. The molecule has 1 aliphatic rings. The van der Waals surface area contributed by atoms with Gasteiger partial charge in [0.25, 0.3) is 0 Å². The molecule has 0 bridgehead atoms. The molecule has 0 radical (unpaired) electrons. The van der Waals surface area contributed by atoms with E-state index >= 15 is 0 Å². The summed E-state index contributed by atoms with van der Waals surface area (Å²) in [7, 11) is 0. The van der Waals surface area contributed by atoms with Crippen molar-refractivity contribution in [2.75, 3.05) is 6.54 Å². The van der Waals surface area contributed by atoms with Crippen LogP contribution in [-0.4, -0.2) is 35.5 Å². The number of hydrogen-bond acceptors (Lipinski definition) is 3. The highest BCUT2D eigenvalue weighted by atomic mass is 16.6. The molecule has 1 rings (SSSR count). The maximum atomic E-state index is 12.3. The average Bonchev–Trinajstić information content (AvgIpc) is 2.28. The largest absolute Gasteiger partial charge is 0.444 e. The van der Waals surface area contributed by atoms with E-state index in [0.717, 1.165) is 19.1 Å². The second-order valence-corrected chi connectivity index (χ2v) is 6.61. The number of aldehydes is 1. The van der Waals surface area contributed by atoms with Crippen molar-refractivity contribution in [2.24, 2.45) is 11.8 Å². The Bertz CT molecular complexity index is 322. The Morgan fingerprint density at radius 2 is 2.05 bits per heavy atom. The molecule has 1 saturated heterocycles. The molecule has 3 unspecified atom stereocenters. The van der Waals surface area contributed by atoms with Crippen LogP contribution in [0.2, 0.25) is 0 Å². The first kappa shape index (κ1) is 16.0. The molecular formula is C15H27NO3. The fraction of sp³-hybridized carbons (Fsp3) is 0.867. The summed E-state index contributed by atoms with van der Waals surface area (Å²) in [6.07, 6.45) is 3.10. The number of ether oxygens (including phenoxy) is 1.